The molecule has 3 aromatic heterocycles. The Labute approximate surface area is 141 Å². The Balaban J connectivity index is 1.94. The Hall–Kier alpha value is -2.24. The molecular formula is C18H14N2OS2. The monoisotopic (exact) mass is 338 g/mol. The van der Waals surface area contributed by atoms with Crippen molar-refractivity contribution in [2.75, 3.05) is 0 Å². The van der Waals surface area contributed by atoms with E-state index in [-0.39, 0.29) is 5.56 Å². The van der Waals surface area contributed by atoms with Crippen molar-refractivity contribution in [3.63, 3.8) is 0 Å². The highest BCUT2D eigenvalue weighted by Gasteiger charge is 2.16. The van der Waals surface area contributed by atoms with Gasteiger partial charge in [0.1, 0.15) is 4.83 Å². The number of hydrogen-bond acceptors (Lipinski definition) is 4. The first-order valence-corrected chi connectivity index (χ1v) is 9.00. The molecule has 114 valence electrons. The third-order valence-corrected chi connectivity index (χ3v) is 5.70. The number of fused-ring (bicyclic) bond motifs is 1. The van der Waals surface area contributed by atoms with Gasteiger partial charge < -0.3 is 0 Å². The fraction of sp³-hybridized carbons (Fsp3) is 0.111. The molecule has 0 saturated heterocycles. The molecule has 0 atom stereocenters. The molecule has 0 unspecified atom stereocenters. The Morgan fingerprint density at radius 1 is 1.13 bits per heavy atom. The maximum absolute atomic E-state index is 13.0. The van der Waals surface area contributed by atoms with Crippen LogP contribution in [0, 0.1) is 6.92 Å². The van der Waals surface area contributed by atoms with Gasteiger partial charge >= 0.3 is 0 Å². The number of benzene rings is 1. The van der Waals surface area contributed by atoms with Gasteiger partial charge in [-0.05, 0) is 23.9 Å². The Morgan fingerprint density at radius 2 is 1.96 bits per heavy atom. The first kappa shape index (κ1) is 14.4. The Morgan fingerprint density at radius 3 is 2.70 bits per heavy atom. The standard InChI is InChI=1S/C18H14N2OS2/c1-12-15(13-6-3-2-4-7-13)16-17(23-12)19-11-20(18(16)21)10-14-8-5-9-22-14/h2-9,11H,10H2,1H3. The topological polar surface area (TPSA) is 34.9 Å². The normalized spacial score (nSPS) is 11.2. The summed E-state index contributed by atoms with van der Waals surface area (Å²) in [6.45, 7) is 2.63. The predicted octanol–water partition coefficient (Wildman–Crippen LogP) is 4.54. The summed E-state index contributed by atoms with van der Waals surface area (Å²) in [5.41, 5.74) is 2.12. The van der Waals surface area contributed by atoms with E-state index in [0.717, 1.165) is 31.1 Å². The summed E-state index contributed by atoms with van der Waals surface area (Å²) in [6.07, 6.45) is 1.66. The first-order chi connectivity index (χ1) is 11.2. The molecule has 0 aliphatic carbocycles. The van der Waals surface area contributed by atoms with Crippen molar-refractivity contribution in [3.05, 3.63) is 74.3 Å². The van der Waals surface area contributed by atoms with Crippen molar-refractivity contribution in [1.82, 2.24) is 9.55 Å². The summed E-state index contributed by atoms with van der Waals surface area (Å²) in [5, 5.41) is 2.76. The van der Waals surface area contributed by atoms with Crippen LogP contribution >= 0.6 is 22.7 Å². The van der Waals surface area contributed by atoms with Crippen LogP contribution in [-0.2, 0) is 6.54 Å². The van der Waals surface area contributed by atoms with Crippen LogP contribution in [0.1, 0.15) is 9.75 Å². The molecule has 0 N–H and O–H groups in total. The minimum absolute atomic E-state index is 0.0339. The molecule has 4 aromatic rings. The van der Waals surface area contributed by atoms with Crippen molar-refractivity contribution >= 4 is 32.9 Å². The predicted molar refractivity (Wildman–Crippen MR) is 97.5 cm³/mol. The first-order valence-electron chi connectivity index (χ1n) is 7.30. The van der Waals surface area contributed by atoms with Gasteiger partial charge in [-0.15, -0.1) is 22.7 Å². The summed E-state index contributed by atoms with van der Waals surface area (Å²) in [5.74, 6) is 0. The molecule has 0 radical (unpaired) electrons. The minimum Gasteiger partial charge on any atom is -0.293 e. The van der Waals surface area contributed by atoms with Gasteiger partial charge in [-0.25, -0.2) is 4.98 Å². The summed E-state index contributed by atoms with van der Waals surface area (Å²) < 4.78 is 1.70. The molecule has 0 bridgehead atoms. The second-order valence-corrected chi connectivity index (χ2v) is 7.57. The van der Waals surface area contributed by atoms with Crippen molar-refractivity contribution in [2.24, 2.45) is 0 Å². The Kier molecular flexibility index (Phi) is 3.59. The van der Waals surface area contributed by atoms with E-state index in [0.29, 0.717) is 6.54 Å². The fourth-order valence-electron chi connectivity index (χ4n) is 2.77. The number of aryl methyl sites for hydroxylation is 1. The average molecular weight is 338 g/mol. The second kappa shape index (κ2) is 5.76. The van der Waals surface area contributed by atoms with Crippen LogP contribution in [0.25, 0.3) is 21.3 Å². The molecule has 23 heavy (non-hydrogen) atoms. The van der Waals surface area contributed by atoms with Gasteiger partial charge in [0.15, 0.2) is 0 Å². The molecule has 0 spiro atoms. The zero-order chi connectivity index (χ0) is 15.8. The lowest BCUT2D eigenvalue weighted by Gasteiger charge is -2.05. The van der Waals surface area contributed by atoms with Crippen molar-refractivity contribution in [3.8, 4) is 11.1 Å². The third-order valence-electron chi connectivity index (χ3n) is 3.82. The minimum atomic E-state index is 0.0339. The van der Waals surface area contributed by atoms with Crippen LogP contribution in [0.15, 0.2) is 59.0 Å². The molecule has 3 heterocycles. The molecule has 3 nitrogen and oxygen atoms in total. The molecule has 0 aliphatic heterocycles. The highest BCUT2D eigenvalue weighted by molar-refractivity contribution is 7.19. The van der Waals surface area contributed by atoms with Crippen LogP contribution in [0.2, 0.25) is 0 Å². The van der Waals surface area contributed by atoms with E-state index >= 15 is 0 Å². The quantitative estimate of drug-likeness (QED) is 0.549. The third kappa shape index (κ3) is 2.52. The molecule has 1 aromatic carbocycles. The number of aromatic nitrogens is 2. The average Bonchev–Trinajstić information content (AvgIpc) is 3.18. The van der Waals surface area contributed by atoms with Crippen LogP contribution in [-0.4, -0.2) is 9.55 Å². The van der Waals surface area contributed by atoms with Crippen LogP contribution < -0.4 is 5.56 Å². The van der Waals surface area contributed by atoms with Gasteiger partial charge in [-0.3, -0.25) is 9.36 Å². The van der Waals surface area contributed by atoms with Crippen LogP contribution in [0.5, 0.6) is 0 Å². The number of thiophene rings is 2. The number of rotatable bonds is 3. The van der Waals surface area contributed by atoms with E-state index in [1.807, 2.05) is 47.8 Å². The lowest BCUT2D eigenvalue weighted by Crippen LogP contribution is -2.20. The van der Waals surface area contributed by atoms with E-state index in [4.69, 9.17) is 0 Å². The van der Waals surface area contributed by atoms with Crippen LogP contribution in [0.3, 0.4) is 0 Å². The SMILES string of the molecule is Cc1sc2ncn(Cc3cccs3)c(=O)c2c1-c1ccccc1. The summed E-state index contributed by atoms with van der Waals surface area (Å²) in [6, 6.07) is 14.1. The van der Waals surface area contributed by atoms with Crippen LogP contribution in [0.4, 0.5) is 0 Å². The molecule has 0 fully saturated rings. The molecule has 0 aliphatic rings. The molecule has 0 saturated carbocycles. The van der Waals surface area contributed by atoms with Crippen molar-refractivity contribution in [1.29, 1.82) is 0 Å². The largest absolute Gasteiger partial charge is 0.293 e. The van der Waals surface area contributed by atoms with Gasteiger partial charge in [0, 0.05) is 15.3 Å². The summed E-state index contributed by atoms with van der Waals surface area (Å²) in [7, 11) is 0. The van der Waals surface area contributed by atoms with E-state index in [9.17, 15) is 4.79 Å². The molecule has 4 rings (SSSR count). The van der Waals surface area contributed by atoms with E-state index in [1.54, 1.807) is 33.6 Å². The summed E-state index contributed by atoms with van der Waals surface area (Å²) >= 11 is 3.24. The van der Waals surface area contributed by atoms with E-state index in [1.165, 1.54) is 0 Å². The second-order valence-electron chi connectivity index (χ2n) is 5.34. The molecule has 0 amide bonds. The van der Waals surface area contributed by atoms with E-state index < -0.39 is 0 Å². The molecule has 5 heteroatoms. The number of hydrogen-bond donors (Lipinski definition) is 0. The lowest BCUT2D eigenvalue weighted by molar-refractivity contribution is 0.759. The van der Waals surface area contributed by atoms with Gasteiger partial charge in [0.05, 0.1) is 18.3 Å². The van der Waals surface area contributed by atoms with E-state index in [2.05, 4.69) is 11.9 Å². The lowest BCUT2D eigenvalue weighted by atomic mass is 10.0. The summed E-state index contributed by atoms with van der Waals surface area (Å²) in [4.78, 5) is 20.6. The smallest absolute Gasteiger partial charge is 0.263 e. The highest BCUT2D eigenvalue weighted by atomic mass is 32.1. The fourth-order valence-corrected chi connectivity index (χ4v) is 4.48. The van der Waals surface area contributed by atoms with Crippen molar-refractivity contribution in [2.45, 2.75) is 13.5 Å². The zero-order valence-corrected chi connectivity index (χ0v) is 14.2. The van der Waals surface area contributed by atoms with Gasteiger partial charge in [0.25, 0.3) is 5.56 Å². The van der Waals surface area contributed by atoms with Crippen molar-refractivity contribution < 1.29 is 0 Å². The Bertz CT molecular complexity index is 1010. The van der Waals surface area contributed by atoms with Gasteiger partial charge in [-0.1, -0.05) is 36.4 Å². The molecular weight excluding hydrogens is 324 g/mol. The number of nitrogens with zero attached hydrogens (tertiary/aromatic N) is 2. The zero-order valence-electron chi connectivity index (χ0n) is 12.5. The maximum Gasteiger partial charge on any atom is 0.263 e. The van der Waals surface area contributed by atoms with Gasteiger partial charge in [0.2, 0.25) is 0 Å². The highest BCUT2D eigenvalue weighted by Crippen LogP contribution is 2.35. The van der Waals surface area contributed by atoms with Gasteiger partial charge in [-0.2, -0.15) is 0 Å². The maximum atomic E-state index is 13.0.